The van der Waals surface area contributed by atoms with Crippen molar-refractivity contribution in [2.45, 2.75) is 12.6 Å². The molecule has 3 rings (SSSR count). The van der Waals surface area contributed by atoms with Gasteiger partial charge in [0, 0.05) is 44.2 Å². The van der Waals surface area contributed by atoms with E-state index in [1.54, 1.807) is 23.9 Å². The molecule has 0 spiro atoms. The minimum Gasteiger partial charge on any atom is -0.495 e. The number of aliphatic hydroxyl groups excluding tert-OH is 1. The Kier molecular flexibility index (Phi) is 4.61. The summed E-state index contributed by atoms with van der Waals surface area (Å²) in [5.74, 6) is 0.734. The molecule has 0 aliphatic carbocycles. The van der Waals surface area contributed by atoms with Crippen molar-refractivity contribution in [2.75, 3.05) is 33.3 Å². The van der Waals surface area contributed by atoms with Gasteiger partial charge in [0.1, 0.15) is 5.75 Å². The number of aliphatic hydroxyl groups is 1. The number of nitrogens with two attached hydrogens (primary N) is 1. The molecule has 1 aliphatic rings. The fourth-order valence-electron chi connectivity index (χ4n) is 3.09. The molecule has 2 aromatic heterocycles. The monoisotopic (exact) mass is 318 g/mol. The first-order valence-electron chi connectivity index (χ1n) is 7.76. The Morgan fingerprint density at radius 3 is 2.91 bits per heavy atom. The molecular formula is C16H22N4O3. The van der Waals surface area contributed by atoms with Crippen LogP contribution in [0.25, 0.3) is 11.0 Å². The topological polar surface area (TPSA) is 93.6 Å². The number of methoxy groups -OCH3 is 1. The Labute approximate surface area is 134 Å². The maximum atomic E-state index is 12.2. The molecular weight excluding hydrogens is 296 g/mol. The van der Waals surface area contributed by atoms with Crippen molar-refractivity contribution in [2.24, 2.45) is 11.7 Å². The highest BCUT2D eigenvalue weighted by atomic mass is 16.5. The highest BCUT2D eigenvalue weighted by Crippen LogP contribution is 2.18. The average molecular weight is 318 g/mol. The molecule has 7 heteroatoms. The minimum absolute atomic E-state index is 0.0670. The lowest BCUT2D eigenvalue weighted by atomic mass is 10.1. The lowest BCUT2D eigenvalue weighted by Crippen LogP contribution is -2.30. The molecule has 23 heavy (non-hydrogen) atoms. The van der Waals surface area contributed by atoms with E-state index in [-0.39, 0.29) is 17.6 Å². The predicted octanol–water partition coefficient (Wildman–Crippen LogP) is -0.343. The zero-order valence-electron chi connectivity index (χ0n) is 13.2. The van der Waals surface area contributed by atoms with Crippen LogP contribution in [-0.2, 0) is 6.54 Å². The van der Waals surface area contributed by atoms with Crippen molar-refractivity contribution in [3.05, 3.63) is 34.7 Å². The molecule has 0 radical (unpaired) electrons. The minimum atomic E-state index is -0.383. The zero-order chi connectivity index (χ0) is 16.4. The number of nitrogens with zero attached hydrogens (tertiary/aromatic N) is 3. The molecule has 2 aromatic rings. The molecule has 124 valence electrons. The summed E-state index contributed by atoms with van der Waals surface area (Å²) in [6.45, 7) is 3.06. The molecule has 1 aliphatic heterocycles. The summed E-state index contributed by atoms with van der Waals surface area (Å²) in [7, 11) is 1.58. The van der Waals surface area contributed by atoms with Gasteiger partial charge in [0.25, 0.3) is 5.56 Å². The van der Waals surface area contributed by atoms with Crippen LogP contribution in [0.2, 0.25) is 0 Å². The fourth-order valence-corrected chi connectivity index (χ4v) is 3.09. The van der Waals surface area contributed by atoms with Crippen LogP contribution in [0.4, 0.5) is 0 Å². The number of β-amino-alcohol motifs (C(OH)–C–C–N with tert-alkyl or cyclic N) is 1. The molecule has 0 unspecified atom stereocenters. The molecule has 0 aromatic carbocycles. The van der Waals surface area contributed by atoms with Crippen LogP contribution >= 0.6 is 0 Å². The molecule has 1 saturated heterocycles. The fraction of sp³-hybridized carbons (Fsp3) is 0.500. The van der Waals surface area contributed by atoms with Gasteiger partial charge < -0.3 is 20.1 Å². The van der Waals surface area contributed by atoms with Gasteiger partial charge in [-0.15, -0.1) is 0 Å². The summed E-state index contributed by atoms with van der Waals surface area (Å²) >= 11 is 0. The van der Waals surface area contributed by atoms with Crippen LogP contribution in [0.1, 0.15) is 0 Å². The number of rotatable bonds is 5. The van der Waals surface area contributed by atoms with Crippen LogP contribution in [0.3, 0.4) is 0 Å². The summed E-state index contributed by atoms with van der Waals surface area (Å²) in [6.07, 6.45) is 1.26. The largest absolute Gasteiger partial charge is 0.495 e. The molecule has 0 amide bonds. The van der Waals surface area contributed by atoms with Gasteiger partial charge in [0.05, 0.1) is 30.4 Å². The second-order valence-corrected chi connectivity index (χ2v) is 5.93. The molecule has 1 fully saturated rings. The van der Waals surface area contributed by atoms with E-state index in [0.717, 1.165) is 17.6 Å². The first-order valence-corrected chi connectivity index (χ1v) is 7.76. The van der Waals surface area contributed by atoms with Crippen LogP contribution < -0.4 is 16.0 Å². The molecule has 0 saturated carbocycles. The van der Waals surface area contributed by atoms with Crippen molar-refractivity contribution in [1.82, 2.24) is 14.5 Å². The maximum Gasteiger partial charge on any atom is 0.251 e. The quantitative estimate of drug-likeness (QED) is 0.783. The van der Waals surface area contributed by atoms with Gasteiger partial charge in [-0.3, -0.25) is 14.7 Å². The number of likely N-dealkylation sites (tertiary alicyclic amines) is 1. The average Bonchev–Trinajstić information content (AvgIpc) is 2.93. The highest BCUT2D eigenvalue weighted by Gasteiger charge is 2.29. The van der Waals surface area contributed by atoms with Crippen LogP contribution in [0, 0.1) is 5.92 Å². The Morgan fingerprint density at radius 2 is 2.22 bits per heavy atom. The van der Waals surface area contributed by atoms with Crippen molar-refractivity contribution < 1.29 is 9.84 Å². The van der Waals surface area contributed by atoms with E-state index in [1.165, 1.54) is 6.07 Å². The Balaban J connectivity index is 1.82. The van der Waals surface area contributed by atoms with Crippen molar-refractivity contribution in [1.29, 1.82) is 0 Å². The van der Waals surface area contributed by atoms with Crippen molar-refractivity contribution in [3.63, 3.8) is 0 Å². The second-order valence-electron chi connectivity index (χ2n) is 5.93. The molecule has 2 atom stereocenters. The summed E-state index contributed by atoms with van der Waals surface area (Å²) in [5.41, 5.74) is 7.11. The van der Waals surface area contributed by atoms with Crippen molar-refractivity contribution in [3.8, 4) is 5.75 Å². The number of fused-ring (bicyclic) bond motifs is 1. The van der Waals surface area contributed by atoms with E-state index in [9.17, 15) is 9.90 Å². The predicted molar refractivity (Wildman–Crippen MR) is 87.5 cm³/mol. The number of pyridine rings is 2. The zero-order valence-corrected chi connectivity index (χ0v) is 13.2. The number of hydrogen-bond acceptors (Lipinski definition) is 6. The van der Waals surface area contributed by atoms with E-state index < -0.39 is 0 Å². The van der Waals surface area contributed by atoms with Crippen molar-refractivity contribution >= 4 is 11.0 Å². The molecule has 0 bridgehead atoms. The Morgan fingerprint density at radius 1 is 1.39 bits per heavy atom. The standard InChI is InChI=1S/C16H22N4O3/c1-23-12-6-14-13(18-8-12)2-3-16(22)20(14)5-4-19-9-11(7-17)15(21)10-19/h2-3,6,8,11,15,21H,4-5,7,9-10,17H2,1H3/t11-,15+/m0/s1. The third-order valence-corrected chi connectivity index (χ3v) is 4.47. The van der Waals surface area contributed by atoms with Gasteiger partial charge in [-0.2, -0.15) is 0 Å². The maximum absolute atomic E-state index is 12.2. The Hall–Kier alpha value is -1.96. The first kappa shape index (κ1) is 15.9. The van der Waals surface area contributed by atoms with Gasteiger partial charge in [-0.1, -0.05) is 0 Å². The van der Waals surface area contributed by atoms with Gasteiger partial charge >= 0.3 is 0 Å². The second kappa shape index (κ2) is 6.66. The van der Waals surface area contributed by atoms with Gasteiger partial charge in [-0.25, -0.2) is 0 Å². The molecule has 7 nitrogen and oxygen atoms in total. The van der Waals surface area contributed by atoms with Crippen LogP contribution in [0.5, 0.6) is 5.75 Å². The lowest BCUT2D eigenvalue weighted by molar-refractivity contribution is 0.144. The summed E-state index contributed by atoms with van der Waals surface area (Å²) in [5, 5.41) is 9.93. The summed E-state index contributed by atoms with van der Waals surface area (Å²) in [6, 6.07) is 5.08. The third kappa shape index (κ3) is 3.21. The SMILES string of the molecule is COc1cnc2ccc(=O)n(CCN3C[C@H](CN)[C@H](O)C3)c2c1. The van der Waals surface area contributed by atoms with E-state index >= 15 is 0 Å². The molecule has 3 N–H and O–H groups in total. The molecule has 3 heterocycles. The van der Waals surface area contributed by atoms with E-state index in [0.29, 0.717) is 31.9 Å². The van der Waals surface area contributed by atoms with E-state index in [2.05, 4.69) is 9.88 Å². The van der Waals surface area contributed by atoms with Gasteiger partial charge in [0.2, 0.25) is 0 Å². The Bertz CT molecular complexity index is 746. The first-order chi connectivity index (χ1) is 11.1. The lowest BCUT2D eigenvalue weighted by Gasteiger charge is -2.17. The summed E-state index contributed by atoms with van der Waals surface area (Å²) < 4.78 is 6.90. The number of ether oxygens (including phenoxy) is 1. The summed E-state index contributed by atoms with van der Waals surface area (Å²) in [4.78, 5) is 18.7. The third-order valence-electron chi connectivity index (χ3n) is 4.47. The van der Waals surface area contributed by atoms with Crippen LogP contribution in [-0.4, -0.2) is 59.0 Å². The van der Waals surface area contributed by atoms with E-state index in [4.69, 9.17) is 10.5 Å². The van der Waals surface area contributed by atoms with E-state index in [1.807, 2.05) is 6.07 Å². The van der Waals surface area contributed by atoms with Crippen LogP contribution in [0.15, 0.2) is 29.2 Å². The number of hydrogen-bond donors (Lipinski definition) is 2. The normalized spacial score (nSPS) is 21.9. The van der Waals surface area contributed by atoms with Gasteiger partial charge in [0.15, 0.2) is 0 Å². The van der Waals surface area contributed by atoms with Gasteiger partial charge in [-0.05, 0) is 12.6 Å². The highest BCUT2D eigenvalue weighted by molar-refractivity contribution is 5.75. The number of aromatic nitrogens is 2. The smallest absolute Gasteiger partial charge is 0.251 e.